The first-order chi connectivity index (χ1) is 8.48. The molecule has 0 heterocycles. The Balaban J connectivity index is 2.68. The Morgan fingerprint density at radius 3 is 2.72 bits per heavy atom. The van der Waals surface area contributed by atoms with Crippen LogP contribution in [0, 0.1) is 15.7 Å². The highest BCUT2D eigenvalue weighted by molar-refractivity contribution is 14.1. The highest BCUT2D eigenvalue weighted by atomic mass is 127. The van der Waals surface area contributed by atoms with Gasteiger partial charge in [0.1, 0.15) is 11.6 Å². The zero-order valence-electron chi connectivity index (χ0n) is 11.0. The van der Waals surface area contributed by atoms with Gasteiger partial charge in [0.2, 0.25) is 9.76 Å². The van der Waals surface area contributed by atoms with E-state index < -0.39 is 9.76 Å². The highest BCUT2D eigenvalue weighted by Crippen LogP contribution is 2.30. The van der Waals surface area contributed by atoms with Crippen molar-refractivity contribution in [2.75, 3.05) is 0 Å². The molecule has 0 saturated carbocycles. The summed E-state index contributed by atoms with van der Waals surface area (Å²) in [5, 5.41) is 0.256. The second kappa shape index (κ2) is 7.15. The Labute approximate surface area is 125 Å². The van der Waals surface area contributed by atoms with Crippen molar-refractivity contribution < 1.29 is 8.82 Å². The predicted molar refractivity (Wildman–Crippen MR) is 85.4 cm³/mol. The Morgan fingerprint density at radius 2 is 2.17 bits per heavy atom. The molecule has 1 rings (SSSR count). The van der Waals surface area contributed by atoms with E-state index in [1.54, 1.807) is 12.1 Å². The van der Waals surface area contributed by atoms with E-state index in [0.29, 0.717) is 11.3 Å². The number of rotatable bonds is 5. The fourth-order valence-corrected chi connectivity index (χ4v) is 3.29. The quantitative estimate of drug-likeness (QED) is 0.428. The molecule has 0 atom stereocenters. The lowest BCUT2D eigenvalue weighted by molar-refractivity contribution is 0.496. The van der Waals surface area contributed by atoms with Crippen LogP contribution in [0.5, 0.6) is 5.75 Å². The van der Waals surface area contributed by atoms with Crippen molar-refractivity contribution in [3.63, 3.8) is 0 Å². The Bertz CT molecular complexity index is 463. The molecular formula is C14H18FIOSi. The van der Waals surface area contributed by atoms with Crippen LogP contribution in [0.25, 0.3) is 0 Å². The zero-order chi connectivity index (χ0) is 13.6. The molecule has 0 unspecified atom stereocenters. The maximum absolute atomic E-state index is 13.6. The third-order valence-electron chi connectivity index (χ3n) is 2.68. The number of hydrogen-bond donors (Lipinski definition) is 0. The van der Waals surface area contributed by atoms with E-state index >= 15 is 0 Å². The van der Waals surface area contributed by atoms with Crippen LogP contribution in [0.4, 0.5) is 4.39 Å². The molecule has 1 aromatic carbocycles. The molecule has 0 fully saturated rings. The molecule has 0 N–H and O–H groups in total. The second-order valence-corrected chi connectivity index (χ2v) is 8.09. The molecule has 1 nitrogen and oxygen atoms in total. The highest BCUT2D eigenvalue weighted by Gasteiger charge is 2.19. The molecule has 0 radical (unpaired) electrons. The summed E-state index contributed by atoms with van der Waals surface area (Å²) in [6, 6.07) is 4.91. The maximum atomic E-state index is 13.6. The zero-order valence-corrected chi connectivity index (χ0v) is 14.6. The summed E-state index contributed by atoms with van der Waals surface area (Å²) in [5.74, 6) is 3.03. The van der Waals surface area contributed by atoms with Crippen molar-refractivity contribution in [1.29, 1.82) is 0 Å². The minimum absolute atomic E-state index is 0.256. The molecule has 98 valence electrons. The van der Waals surface area contributed by atoms with E-state index in [4.69, 9.17) is 4.43 Å². The van der Waals surface area contributed by atoms with Crippen LogP contribution in [0.15, 0.2) is 18.2 Å². The molecule has 1 aromatic rings. The lowest BCUT2D eigenvalue weighted by atomic mass is 10.1. The van der Waals surface area contributed by atoms with Gasteiger partial charge in [0.05, 0.1) is 5.56 Å². The Kier molecular flexibility index (Phi) is 6.16. The van der Waals surface area contributed by atoms with Gasteiger partial charge in [-0.3, -0.25) is 0 Å². The molecule has 0 saturated heterocycles. The van der Waals surface area contributed by atoms with Gasteiger partial charge >= 0.3 is 0 Å². The molecule has 0 aliphatic rings. The van der Waals surface area contributed by atoms with Gasteiger partial charge in [-0.25, -0.2) is 4.39 Å². The average Bonchev–Trinajstić information content (AvgIpc) is 2.30. The molecule has 0 bridgehead atoms. The molecular weight excluding hydrogens is 358 g/mol. The largest absolute Gasteiger partial charge is 0.549 e. The number of benzene rings is 1. The fourth-order valence-electron chi connectivity index (χ4n) is 1.77. The van der Waals surface area contributed by atoms with Crippen molar-refractivity contribution in [3.05, 3.63) is 29.6 Å². The predicted octanol–water partition coefficient (Wildman–Crippen LogP) is 4.03. The lowest BCUT2D eigenvalue weighted by Gasteiger charge is -2.23. The number of halogens is 2. The van der Waals surface area contributed by atoms with E-state index in [1.165, 1.54) is 6.07 Å². The minimum atomic E-state index is -0.714. The number of hydrogen-bond acceptors (Lipinski definition) is 1. The molecule has 0 spiro atoms. The molecule has 0 aliphatic carbocycles. The van der Waals surface area contributed by atoms with E-state index in [2.05, 4.69) is 30.6 Å². The SMILES string of the molecule is CCCC(C)(C)[SiH2]Oc1ccc(C#CI)c(F)c1. The standard InChI is InChI=1S/C14H18FIOSi/c1-4-8-14(2,3)18-17-12-6-5-11(7-9-16)13(15)10-12/h5-6,10H,4,8,18H2,1-3H3. The van der Waals surface area contributed by atoms with Crippen molar-refractivity contribution in [1.82, 2.24) is 0 Å². The molecule has 4 heteroatoms. The minimum Gasteiger partial charge on any atom is -0.549 e. The summed E-state index contributed by atoms with van der Waals surface area (Å²) < 4.78 is 22.1. The molecule has 0 aromatic heterocycles. The van der Waals surface area contributed by atoms with Crippen molar-refractivity contribution >= 4 is 32.4 Å². The van der Waals surface area contributed by atoms with Crippen molar-refractivity contribution in [2.24, 2.45) is 0 Å². The van der Waals surface area contributed by atoms with Gasteiger partial charge in [-0.2, -0.15) is 0 Å². The van der Waals surface area contributed by atoms with E-state index in [9.17, 15) is 4.39 Å². The van der Waals surface area contributed by atoms with Crippen molar-refractivity contribution in [2.45, 2.75) is 38.7 Å². The first-order valence-corrected chi connectivity index (χ1v) is 8.39. The van der Waals surface area contributed by atoms with Gasteiger partial charge < -0.3 is 4.43 Å². The van der Waals surface area contributed by atoms with E-state index in [1.807, 2.05) is 22.6 Å². The third-order valence-corrected chi connectivity index (χ3v) is 4.56. The first-order valence-electron chi connectivity index (χ1n) is 6.02. The fraction of sp³-hybridized carbons (Fsp3) is 0.429. The van der Waals surface area contributed by atoms with Gasteiger partial charge in [0.15, 0.2) is 0 Å². The summed E-state index contributed by atoms with van der Waals surface area (Å²) >= 11 is 1.90. The van der Waals surface area contributed by atoms with E-state index in [0.717, 1.165) is 12.8 Å². The van der Waals surface area contributed by atoms with Crippen LogP contribution in [0.1, 0.15) is 39.2 Å². The smallest absolute Gasteiger partial charge is 0.225 e. The van der Waals surface area contributed by atoms with Crippen LogP contribution >= 0.6 is 22.6 Å². The average molecular weight is 376 g/mol. The van der Waals surface area contributed by atoms with Gasteiger partial charge in [0.25, 0.3) is 0 Å². The van der Waals surface area contributed by atoms with E-state index in [-0.39, 0.29) is 10.9 Å². The maximum Gasteiger partial charge on any atom is 0.225 e. The molecule has 0 aliphatic heterocycles. The van der Waals surface area contributed by atoms with Gasteiger partial charge in [-0.05, 0) is 27.5 Å². The van der Waals surface area contributed by atoms with Crippen LogP contribution in [0.3, 0.4) is 0 Å². The van der Waals surface area contributed by atoms with Gasteiger partial charge in [-0.1, -0.05) is 33.1 Å². The second-order valence-electron chi connectivity index (χ2n) is 5.06. The molecule has 0 amide bonds. The summed E-state index contributed by atoms with van der Waals surface area (Å²) in [7, 11) is -0.714. The van der Waals surface area contributed by atoms with Gasteiger partial charge in [0, 0.05) is 28.7 Å². The monoisotopic (exact) mass is 376 g/mol. The topological polar surface area (TPSA) is 9.23 Å². The molecule has 18 heavy (non-hydrogen) atoms. The summed E-state index contributed by atoms with van der Waals surface area (Å²) in [5.41, 5.74) is 0.422. The van der Waals surface area contributed by atoms with Gasteiger partial charge in [-0.15, -0.1) is 0 Å². The van der Waals surface area contributed by atoms with Crippen LogP contribution in [0.2, 0.25) is 5.04 Å². The lowest BCUT2D eigenvalue weighted by Crippen LogP contribution is -2.18. The first kappa shape index (κ1) is 15.5. The normalized spacial score (nSPS) is 11.4. The summed E-state index contributed by atoms with van der Waals surface area (Å²) in [6.45, 7) is 6.61. The Morgan fingerprint density at radius 1 is 1.44 bits per heavy atom. The van der Waals surface area contributed by atoms with Crippen LogP contribution in [-0.2, 0) is 0 Å². The summed E-state index contributed by atoms with van der Waals surface area (Å²) in [6.07, 6.45) is 2.31. The van der Waals surface area contributed by atoms with Crippen molar-refractivity contribution in [3.8, 4) is 15.6 Å². The van der Waals surface area contributed by atoms with Crippen LogP contribution in [-0.4, -0.2) is 9.76 Å². The summed E-state index contributed by atoms with van der Waals surface area (Å²) in [4.78, 5) is 0. The van der Waals surface area contributed by atoms with Crippen LogP contribution < -0.4 is 4.43 Å². The Hall–Kier alpha value is -0.543. The third kappa shape index (κ3) is 4.98.